The molecular formula is C21H29N3O3S. The number of nitrogens with zero attached hydrogens (tertiary/aromatic N) is 1. The maximum Gasteiger partial charge on any atom is 0.253 e. The van der Waals surface area contributed by atoms with E-state index in [9.17, 15) is 4.79 Å². The predicted molar refractivity (Wildman–Crippen MR) is 116 cm³/mol. The number of ether oxygens (including phenoxy) is 2. The zero-order valence-corrected chi connectivity index (χ0v) is 17.4. The van der Waals surface area contributed by atoms with Crippen molar-refractivity contribution in [2.24, 2.45) is 0 Å². The van der Waals surface area contributed by atoms with Gasteiger partial charge in [0.2, 0.25) is 0 Å². The minimum atomic E-state index is -0.102. The molecule has 6 nitrogen and oxygen atoms in total. The Balaban J connectivity index is 1.80. The molecular weight excluding hydrogens is 374 g/mol. The van der Waals surface area contributed by atoms with Crippen LogP contribution in [0.5, 0.6) is 5.75 Å². The first-order chi connectivity index (χ1) is 13.6. The van der Waals surface area contributed by atoms with Crippen molar-refractivity contribution >= 4 is 28.2 Å². The van der Waals surface area contributed by atoms with Gasteiger partial charge in [-0.3, -0.25) is 4.79 Å². The van der Waals surface area contributed by atoms with Crippen LogP contribution in [0.4, 0.5) is 0 Å². The number of pyridine rings is 1. The van der Waals surface area contributed by atoms with E-state index in [-0.39, 0.29) is 11.7 Å². The molecule has 1 atom stereocenters. The zero-order valence-electron chi connectivity index (χ0n) is 16.6. The monoisotopic (exact) mass is 403 g/mol. The summed E-state index contributed by atoms with van der Waals surface area (Å²) in [6, 6.07) is 7.62. The summed E-state index contributed by atoms with van der Waals surface area (Å²) in [5.41, 5.74) is 1.35. The van der Waals surface area contributed by atoms with E-state index < -0.39 is 0 Å². The number of unbranched alkanes of at least 4 members (excludes halogenated alkanes) is 1. The summed E-state index contributed by atoms with van der Waals surface area (Å²) in [5, 5.41) is 4.97. The molecule has 1 fully saturated rings. The van der Waals surface area contributed by atoms with Crippen LogP contribution in [0, 0.1) is 0 Å². The van der Waals surface area contributed by atoms with Crippen molar-refractivity contribution in [1.82, 2.24) is 15.2 Å². The molecule has 0 amide bonds. The van der Waals surface area contributed by atoms with Crippen molar-refractivity contribution in [1.29, 1.82) is 0 Å². The van der Waals surface area contributed by atoms with Gasteiger partial charge in [-0.2, -0.15) is 0 Å². The fourth-order valence-corrected chi connectivity index (χ4v) is 3.65. The first kappa shape index (κ1) is 20.6. The van der Waals surface area contributed by atoms with E-state index in [1.807, 2.05) is 24.3 Å². The Morgan fingerprint density at radius 3 is 3.00 bits per heavy atom. The molecule has 1 aliphatic rings. The fourth-order valence-electron chi connectivity index (χ4n) is 3.41. The highest BCUT2D eigenvalue weighted by molar-refractivity contribution is 7.80. The van der Waals surface area contributed by atoms with Crippen LogP contribution in [0.15, 0.2) is 29.1 Å². The van der Waals surface area contributed by atoms with Gasteiger partial charge in [-0.25, -0.2) is 0 Å². The van der Waals surface area contributed by atoms with Crippen molar-refractivity contribution in [2.45, 2.75) is 45.3 Å². The number of fused-ring (bicyclic) bond motifs is 1. The lowest BCUT2D eigenvalue weighted by molar-refractivity contribution is 0.0897. The highest BCUT2D eigenvalue weighted by atomic mass is 32.1. The number of aromatic nitrogens is 1. The van der Waals surface area contributed by atoms with E-state index in [4.69, 9.17) is 21.7 Å². The second kappa shape index (κ2) is 9.89. The van der Waals surface area contributed by atoms with Crippen LogP contribution in [0.1, 0.15) is 38.2 Å². The molecule has 1 aromatic carbocycles. The number of methoxy groups -OCH3 is 1. The van der Waals surface area contributed by atoms with Crippen LogP contribution in [-0.2, 0) is 11.3 Å². The molecule has 0 spiro atoms. The standard InChI is InChI=1S/C21H29N3O3S/c1-3-4-9-22-21(28)24(14-18-6-5-10-27-18)13-16-11-15-7-8-17(26-2)12-19(15)23-20(16)25/h7-8,11-12,18H,3-6,9-10,13-14H2,1-2H3,(H,22,28)(H,23,25). The highest BCUT2D eigenvalue weighted by Crippen LogP contribution is 2.20. The van der Waals surface area contributed by atoms with Crippen molar-refractivity contribution in [3.05, 3.63) is 40.2 Å². The molecule has 0 radical (unpaired) electrons. The molecule has 7 heteroatoms. The second-order valence-corrected chi connectivity index (χ2v) is 7.56. The van der Waals surface area contributed by atoms with Crippen LogP contribution in [0.3, 0.4) is 0 Å². The molecule has 3 rings (SSSR count). The van der Waals surface area contributed by atoms with Crippen molar-refractivity contribution in [2.75, 3.05) is 26.8 Å². The van der Waals surface area contributed by atoms with E-state index in [0.717, 1.165) is 55.5 Å². The smallest absolute Gasteiger partial charge is 0.253 e. The number of H-pyrrole nitrogens is 1. The average Bonchev–Trinajstić information content (AvgIpc) is 3.20. The van der Waals surface area contributed by atoms with Gasteiger partial charge in [0, 0.05) is 31.3 Å². The Bertz CT molecular complexity index is 862. The summed E-state index contributed by atoms with van der Waals surface area (Å²) in [7, 11) is 1.61. The molecule has 0 aliphatic carbocycles. The van der Waals surface area contributed by atoms with Crippen molar-refractivity contribution in [3.63, 3.8) is 0 Å². The molecule has 1 unspecified atom stereocenters. The second-order valence-electron chi connectivity index (χ2n) is 7.18. The molecule has 1 aromatic heterocycles. The normalized spacial score (nSPS) is 16.3. The first-order valence-corrected chi connectivity index (χ1v) is 10.4. The topological polar surface area (TPSA) is 66.6 Å². The van der Waals surface area contributed by atoms with Gasteiger partial charge in [0.15, 0.2) is 5.11 Å². The number of hydrogen-bond donors (Lipinski definition) is 2. The third-order valence-corrected chi connectivity index (χ3v) is 5.44. The quantitative estimate of drug-likeness (QED) is 0.521. The van der Waals surface area contributed by atoms with E-state index in [1.165, 1.54) is 0 Å². The molecule has 1 saturated heterocycles. The molecule has 28 heavy (non-hydrogen) atoms. The molecule has 152 valence electrons. The minimum absolute atomic E-state index is 0.102. The van der Waals surface area contributed by atoms with Crippen LogP contribution < -0.4 is 15.6 Å². The summed E-state index contributed by atoms with van der Waals surface area (Å²) in [4.78, 5) is 17.7. The van der Waals surface area contributed by atoms with Gasteiger partial charge in [0.1, 0.15) is 5.75 Å². The molecule has 0 bridgehead atoms. The Morgan fingerprint density at radius 2 is 2.29 bits per heavy atom. The SMILES string of the molecule is CCCCNC(=S)N(Cc1cc2ccc(OC)cc2[nH]c1=O)CC1CCCO1. The Labute approximate surface area is 171 Å². The first-order valence-electron chi connectivity index (χ1n) is 9.95. The van der Waals surface area contributed by atoms with E-state index >= 15 is 0 Å². The van der Waals surface area contributed by atoms with Gasteiger partial charge >= 0.3 is 0 Å². The van der Waals surface area contributed by atoms with Gasteiger partial charge < -0.3 is 24.7 Å². The van der Waals surface area contributed by atoms with Crippen LogP contribution in [-0.4, -0.2) is 47.9 Å². The fraction of sp³-hybridized carbons (Fsp3) is 0.524. The lowest BCUT2D eigenvalue weighted by Crippen LogP contribution is -2.44. The van der Waals surface area contributed by atoms with Gasteiger partial charge in [-0.15, -0.1) is 0 Å². The summed E-state index contributed by atoms with van der Waals surface area (Å²) >= 11 is 5.63. The summed E-state index contributed by atoms with van der Waals surface area (Å²) in [6.07, 6.45) is 4.44. The van der Waals surface area contributed by atoms with Crippen LogP contribution in [0.25, 0.3) is 10.9 Å². The number of aromatic amines is 1. The number of hydrogen-bond acceptors (Lipinski definition) is 4. The van der Waals surface area contributed by atoms with Gasteiger partial charge in [0.05, 0.1) is 25.3 Å². The number of nitrogens with one attached hydrogen (secondary N) is 2. The van der Waals surface area contributed by atoms with Crippen LogP contribution in [0.2, 0.25) is 0 Å². The Morgan fingerprint density at radius 1 is 1.43 bits per heavy atom. The number of thiocarbonyl (C=S) groups is 1. The molecule has 2 heterocycles. The Kier molecular flexibility index (Phi) is 7.28. The molecule has 1 aliphatic heterocycles. The molecule has 2 aromatic rings. The summed E-state index contributed by atoms with van der Waals surface area (Å²) in [5.74, 6) is 0.720. The van der Waals surface area contributed by atoms with E-state index in [2.05, 4.69) is 22.1 Å². The maximum absolute atomic E-state index is 12.7. The average molecular weight is 404 g/mol. The zero-order chi connectivity index (χ0) is 19.9. The lowest BCUT2D eigenvalue weighted by atomic mass is 10.1. The molecule has 2 N–H and O–H groups in total. The largest absolute Gasteiger partial charge is 0.497 e. The maximum atomic E-state index is 12.7. The van der Waals surface area contributed by atoms with Gasteiger partial charge in [-0.05, 0) is 55.1 Å². The predicted octanol–water partition coefficient (Wildman–Crippen LogP) is 3.19. The van der Waals surface area contributed by atoms with Crippen molar-refractivity contribution in [3.8, 4) is 5.75 Å². The third-order valence-electron chi connectivity index (χ3n) is 5.03. The van der Waals surface area contributed by atoms with E-state index in [1.54, 1.807) is 7.11 Å². The highest BCUT2D eigenvalue weighted by Gasteiger charge is 2.22. The Hall–Kier alpha value is -2.12. The lowest BCUT2D eigenvalue weighted by Gasteiger charge is -2.28. The number of rotatable bonds is 8. The molecule has 0 saturated carbocycles. The van der Waals surface area contributed by atoms with Crippen molar-refractivity contribution < 1.29 is 9.47 Å². The van der Waals surface area contributed by atoms with Gasteiger partial charge in [-0.1, -0.05) is 13.3 Å². The third kappa shape index (κ3) is 5.23. The number of benzene rings is 1. The van der Waals surface area contributed by atoms with Crippen LogP contribution >= 0.6 is 12.2 Å². The van der Waals surface area contributed by atoms with Gasteiger partial charge in [0.25, 0.3) is 5.56 Å². The summed E-state index contributed by atoms with van der Waals surface area (Å²) in [6.45, 7) is 4.93. The minimum Gasteiger partial charge on any atom is -0.497 e. The summed E-state index contributed by atoms with van der Waals surface area (Å²) < 4.78 is 11.0. The van der Waals surface area contributed by atoms with E-state index in [0.29, 0.717) is 23.8 Å².